The molecule has 1 aromatic rings. The van der Waals surface area contributed by atoms with E-state index in [0.29, 0.717) is 16.5 Å². The van der Waals surface area contributed by atoms with Crippen LogP contribution in [0.25, 0.3) is 0 Å². The first-order valence-corrected chi connectivity index (χ1v) is 6.53. The Bertz CT molecular complexity index is 346. The molecule has 0 radical (unpaired) electrons. The van der Waals surface area contributed by atoms with Crippen LogP contribution in [0.1, 0.15) is 38.2 Å². The molecule has 0 aliphatic rings. The van der Waals surface area contributed by atoms with E-state index in [1.807, 2.05) is 6.92 Å². The van der Waals surface area contributed by atoms with Crippen LogP contribution < -0.4 is 0 Å². The van der Waals surface area contributed by atoms with Gasteiger partial charge in [0.15, 0.2) is 0 Å². The first kappa shape index (κ1) is 14.8. The number of rotatable bonds is 5. The maximum Gasteiger partial charge on any atom is 0.0802 e. The molecular weight excluding hydrogens is 259 g/mol. The molecule has 4 heteroatoms. The van der Waals surface area contributed by atoms with Crippen LogP contribution in [0.3, 0.4) is 0 Å². The molecule has 2 N–H and O–H groups in total. The molecule has 17 heavy (non-hydrogen) atoms. The molecule has 0 aliphatic heterocycles. The number of aliphatic hydroxyl groups is 2. The van der Waals surface area contributed by atoms with E-state index in [4.69, 9.17) is 23.2 Å². The van der Waals surface area contributed by atoms with Crippen LogP contribution in [0.5, 0.6) is 0 Å². The lowest BCUT2D eigenvalue weighted by Crippen LogP contribution is -2.24. The van der Waals surface area contributed by atoms with Gasteiger partial charge in [-0.3, -0.25) is 0 Å². The molecule has 0 aliphatic carbocycles. The summed E-state index contributed by atoms with van der Waals surface area (Å²) in [5.74, 6) is 0.0563. The SMILES string of the molecule is CCC(CC(O)C(C)O)c1c(Cl)cccc1Cl. The van der Waals surface area contributed by atoms with Crippen molar-refractivity contribution < 1.29 is 10.2 Å². The Balaban J connectivity index is 2.94. The summed E-state index contributed by atoms with van der Waals surface area (Å²) in [5.41, 5.74) is 0.859. The van der Waals surface area contributed by atoms with Crippen molar-refractivity contribution in [2.45, 2.75) is 44.8 Å². The molecule has 3 unspecified atom stereocenters. The summed E-state index contributed by atoms with van der Waals surface area (Å²) in [5, 5.41) is 20.3. The lowest BCUT2D eigenvalue weighted by molar-refractivity contribution is 0.0215. The third kappa shape index (κ3) is 3.85. The maximum absolute atomic E-state index is 9.73. The maximum atomic E-state index is 9.73. The highest BCUT2D eigenvalue weighted by Gasteiger charge is 2.22. The molecule has 0 amide bonds. The van der Waals surface area contributed by atoms with Crippen LogP contribution in [0, 0.1) is 0 Å². The van der Waals surface area contributed by atoms with E-state index in [-0.39, 0.29) is 5.92 Å². The van der Waals surface area contributed by atoms with Gasteiger partial charge >= 0.3 is 0 Å². The van der Waals surface area contributed by atoms with Gasteiger partial charge in [0.05, 0.1) is 12.2 Å². The van der Waals surface area contributed by atoms with Gasteiger partial charge in [0.2, 0.25) is 0 Å². The van der Waals surface area contributed by atoms with Crippen LogP contribution in [0.2, 0.25) is 10.0 Å². The summed E-state index contributed by atoms with van der Waals surface area (Å²) in [6.07, 6.45) is -0.234. The van der Waals surface area contributed by atoms with Crippen LogP contribution in [-0.4, -0.2) is 22.4 Å². The third-order valence-electron chi connectivity index (χ3n) is 2.98. The van der Waals surface area contributed by atoms with E-state index < -0.39 is 12.2 Å². The molecule has 0 saturated carbocycles. The highest BCUT2D eigenvalue weighted by atomic mass is 35.5. The zero-order valence-electron chi connectivity index (χ0n) is 10.0. The molecule has 0 saturated heterocycles. The zero-order chi connectivity index (χ0) is 13.0. The van der Waals surface area contributed by atoms with Crippen molar-refractivity contribution in [3.8, 4) is 0 Å². The van der Waals surface area contributed by atoms with Gasteiger partial charge in [-0.2, -0.15) is 0 Å². The molecule has 0 fully saturated rings. The first-order chi connectivity index (χ1) is 7.97. The fraction of sp³-hybridized carbons (Fsp3) is 0.538. The van der Waals surface area contributed by atoms with Crippen LogP contribution >= 0.6 is 23.2 Å². The highest BCUT2D eigenvalue weighted by Crippen LogP contribution is 2.36. The lowest BCUT2D eigenvalue weighted by Gasteiger charge is -2.22. The van der Waals surface area contributed by atoms with Gasteiger partial charge in [-0.05, 0) is 43.4 Å². The number of aliphatic hydroxyl groups excluding tert-OH is 2. The summed E-state index contributed by atoms with van der Waals surface area (Å²) in [4.78, 5) is 0. The number of hydrogen-bond acceptors (Lipinski definition) is 2. The molecule has 3 atom stereocenters. The fourth-order valence-electron chi connectivity index (χ4n) is 1.88. The number of hydrogen-bond donors (Lipinski definition) is 2. The molecule has 0 heterocycles. The van der Waals surface area contributed by atoms with Crippen molar-refractivity contribution in [1.29, 1.82) is 0 Å². The van der Waals surface area contributed by atoms with E-state index in [0.717, 1.165) is 12.0 Å². The van der Waals surface area contributed by atoms with Gasteiger partial charge < -0.3 is 10.2 Å². The Kier molecular flexibility index (Phi) is 5.74. The Morgan fingerprint density at radius 1 is 1.18 bits per heavy atom. The van der Waals surface area contributed by atoms with Crippen molar-refractivity contribution in [3.63, 3.8) is 0 Å². The van der Waals surface area contributed by atoms with Gasteiger partial charge in [-0.15, -0.1) is 0 Å². The second-order valence-electron chi connectivity index (χ2n) is 4.28. The average molecular weight is 277 g/mol. The summed E-state index contributed by atoms with van der Waals surface area (Å²) in [7, 11) is 0. The van der Waals surface area contributed by atoms with Gasteiger partial charge in [0, 0.05) is 10.0 Å². The Morgan fingerprint density at radius 2 is 1.71 bits per heavy atom. The minimum absolute atomic E-state index is 0.0563. The van der Waals surface area contributed by atoms with Crippen molar-refractivity contribution in [1.82, 2.24) is 0 Å². The number of halogens is 2. The summed E-state index contributed by atoms with van der Waals surface area (Å²) >= 11 is 12.3. The lowest BCUT2D eigenvalue weighted by atomic mass is 9.89. The molecule has 0 aromatic heterocycles. The second-order valence-corrected chi connectivity index (χ2v) is 5.10. The molecule has 0 spiro atoms. The van der Waals surface area contributed by atoms with Crippen LogP contribution in [0.4, 0.5) is 0 Å². The monoisotopic (exact) mass is 276 g/mol. The summed E-state index contributed by atoms with van der Waals surface area (Å²) < 4.78 is 0. The summed E-state index contributed by atoms with van der Waals surface area (Å²) in [6, 6.07) is 5.38. The average Bonchev–Trinajstić information content (AvgIpc) is 2.26. The van der Waals surface area contributed by atoms with E-state index in [1.54, 1.807) is 25.1 Å². The Morgan fingerprint density at radius 3 is 2.12 bits per heavy atom. The van der Waals surface area contributed by atoms with Crippen LogP contribution in [-0.2, 0) is 0 Å². The van der Waals surface area contributed by atoms with Gasteiger partial charge in [0.25, 0.3) is 0 Å². The van der Waals surface area contributed by atoms with E-state index in [1.165, 1.54) is 0 Å². The van der Waals surface area contributed by atoms with E-state index >= 15 is 0 Å². The largest absolute Gasteiger partial charge is 0.391 e. The number of benzene rings is 1. The Hall–Kier alpha value is -0.280. The first-order valence-electron chi connectivity index (χ1n) is 5.77. The minimum atomic E-state index is -0.757. The molecule has 1 aromatic carbocycles. The van der Waals surface area contributed by atoms with E-state index in [9.17, 15) is 10.2 Å². The molecular formula is C13H18Cl2O2. The Labute approximate surface area is 112 Å². The predicted molar refractivity (Wildman–Crippen MR) is 71.8 cm³/mol. The van der Waals surface area contributed by atoms with Crippen molar-refractivity contribution in [3.05, 3.63) is 33.8 Å². The van der Waals surface area contributed by atoms with Gasteiger partial charge in [-0.1, -0.05) is 36.2 Å². The quantitative estimate of drug-likeness (QED) is 0.863. The minimum Gasteiger partial charge on any atom is -0.391 e. The fourth-order valence-corrected chi connectivity index (χ4v) is 2.58. The molecule has 2 nitrogen and oxygen atoms in total. The van der Waals surface area contributed by atoms with Crippen LogP contribution in [0.15, 0.2) is 18.2 Å². The standard InChI is InChI=1S/C13H18Cl2O2/c1-3-9(7-12(17)8(2)16)13-10(14)5-4-6-11(13)15/h4-6,8-9,12,16-17H,3,7H2,1-2H3. The second kappa shape index (κ2) is 6.60. The van der Waals surface area contributed by atoms with Gasteiger partial charge in [-0.25, -0.2) is 0 Å². The van der Waals surface area contributed by atoms with Gasteiger partial charge in [0.1, 0.15) is 0 Å². The van der Waals surface area contributed by atoms with Crippen molar-refractivity contribution in [2.24, 2.45) is 0 Å². The van der Waals surface area contributed by atoms with Crippen molar-refractivity contribution in [2.75, 3.05) is 0 Å². The van der Waals surface area contributed by atoms with E-state index in [2.05, 4.69) is 0 Å². The molecule has 1 rings (SSSR count). The molecule has 0 bridgehead atoms. The topological polar surface area (TPSA) is 40.5 Å². The molecule has 96 valence electrons. The third-order valence-corrected chi connectivity index (χ3v) is 3.64. The summed E-state index contributed by atoms with van der Waals surface area (Å²) in [6.45, 7) is 3.59. The predicted octanol–water partition coefficient (Wildman–Crippen LogP) is 3.62. The smallest absolute Gasteiger partial charge is 0.0802 e. The van der Waals surface area contributed by atoms with Crippen molar-refractivity contribution >= 4 is 23.2 Å². The highest BCUT2D eigenvalue weighted by molar-refractivity contribution is 6.36. The zero-order valence-corrected chi connectivity index (χ0v) is 11.5. The normalized spacial score (nSPS) is 16.6.